The average molecular weight is 318 g/mol. The highest BCUT2D eigenvalue weighted by Gasteiger charge is 2.23. The lowest BCUT2D eigenvalue weighted by Crippen LogP contribution is -2.31. The van der Waals surface area contributed by atoms with Crippen molar-refractivity contribution in [3.8, 4) is 5.88 Å². The lowest BCUT2D eigenvalue weighted by atomic mass is 9.98. The zero-order valence-corrected chi connectivity index (χ0v) is 14.4. The van der Waals surface area contributed by atoms with E-state index in [0.29, 0.717) is 5.88 Å². The molecular weight excluding hydrogens is 296 g/mol. The SMILES string of the molecule is COc1ncnc2c1CN(Cc1csc(C(C)(C)C)n1)CC2. The van der Waals surface area contributed by atoms with Gasteiger partial charge in [-0.3, -0.25) is 4.90 Å². The van der Waals surface area contributed by atoms with Crippen molar-refractivity contribution in [3.05, 3.63) is 33.7 Å². The third-order valence-corrected chi connectivity index (χ3v) is 5.13. The maximum absolute atomic E-state index is 5.37. The zero-order chi connectivity index (χ0) is 15.7. The molecule has 0 N–H and O–H groups in total. The van der Waals surface area contributed by atoms with Crippen LogP contribution < -0.4 is 4.74 Å². The van der Waals surface area contributed by atoms with Crippen LogP contribution in [0.1, 0.15) is 42.7 Å². The molecule has 0 spiro atoms. The molecule has 1 aliphatic heterocycles. The van der Waals surface area contributed by atoms with Gasteiger partial charge in [-0.25, -0.2) is 15.0 Å². The van der Waals surface area contributed by atoms with Gasteiger partial charge < -0.3 is 4.74 Å². The van der Waals surface area contributed by atoms with Crippen molar-refractivity contribution in [1.29, 1.82) is 0 Å². The predicted octanol–water partition coefficient (Wildman–Crippen LogP) is 2.80. The fourth-order valence-electron chi connectivity index (χ4n) is 2.64. The third-order valence-electron chi connectivity index (χ3n) is 3.81. The molecule has 0 amide bonds. The Morgan fingerprint density at radius 3 is 2.82 bits per heavy atom. The quantitative estimate of drug-likeness (QED) is 0.871. The van der Waals surface area contributed by atoms with Gasteiger partial charge in [-0.1, -0.05) is 20.8 Å². The van der Waals surface area contributed by atoms with Gasteiger partial charge in [-0.15, -0.1) is 11.3 Å². The van der Waals surface area contributed by atoms with Crippen LogP contribution in [0.5, 0.6) is 5.88 Å². The van der Waals surface area contributed by atoms with E-state index in [-0.39, 0.29) is 5.41 Å². The highest BCUT2D eigenvalue weighted by atomic mass is 32.1. The molecular formula is C16H22N4OS. The van der Waals surface area contributed by atoms with Gasteiger partial charge >= 0.3 is 0 Å². The normalized spacial score (nSPS) is 15.6. The Balaban J connectivity index is 1.74. The molecule has 0 atom stereocenters. The molecule has 0 bridgehead atoms. The molecule has 2 aromatic rings. The first kappa shape index (κ1) is 15.4. The molecule has 0 fully saturated rings. The Labute approximate surface area is 135 Å². The van der Waals surface area contributed by atoms with Crippen molar-refractivity contribution in [3.63, 3.8) is 0 Å². The second kappa shape index (κ2) is 5.93. The molecule has 5 nitrogen and oxygen atoms in total. The summed E-state index contributed by atoms with van der Waals surface area (Å²) in [7, 11) is 1.66. The van der Waals surface area contributed by atoms with Gasteiger partial charge in [-0.05, 0) is 0 Å². The van der Waals surface area contributed by atoms with E-state index in [1.165, 1.54) is 5.01 Å². The largest absolute Gasteiger partial charge is 0.481 e. The van der Waals surface area contributed by atoms with Gasteiger partial charge in [-0.2, -0.15) is 0 Å². The summed E-state index contributed by atoms with van der Waals surface area (Å²) >= 11 is 1.75. The van der Waals surface area contributed by atoms with E-state index in [0.717, 1.165) is 43.0 Å². The number of hydrogen-bond donors (Lipinski definition) is 0. The number of fused-ring (bicyclic) bond motifs is 1. The lowest BCUT2D eigenvalue weighted by Gasteiger charge is -2.27. The van der Waals surface area contributed by atoms with Crippen LogP contribution in [0.25, 0.3) is 0 Å². The second-order valence-electron chi connectivity index (χ2n) is 6.66. The Kier molecular flexibility index (Phi) is 4.14. The van der Waals surface area contributed by atoms with Crippen LogP contribution in [-0.2, 0) is 24.9 Å². The van der Waals surface area contributed by atoms with Crippen molar-refractivity contribution in [1.82, 2.24) is 19.9 Å². The molecule has 0 saturated carbocycles. The minimum atomic E-state index is 0.120. The Hall–Kier alpha value is -1.53. The fraction of sp³-hybridized carbons (Fsp3) is 0.562. The van der Waals surface area contributed by atoms with Crippen molar-refractivity contribution in [2.45, 2.75) is 45.7 Å². The van der Waals surface area contributed by atoms with Gasteiger partial charge in [0, 0.05) is 42.4 Å². The molecule has 6 heteroatoms. The number of nitrogens with zero attached hydrogens (tertiary/aromatic N) is 4. The molecule has 3 rings (SSSR count). The molecule has 0 radical (unpaired) electrons. The zero-order valence-electron chi connectivity index (χ0n) is 13.6. The standard InChI is InChI=1S/C16H22N4OS/c1-16(2,3)15-19-11(9-22-15)7-20-6-5-13-12(8-20)14(21-4)18-10-17-13/h9-10H,5-8H2,1-4H3. The topological polar surface area (TPSA) is 51.1 Å². The first-order chi connectivity index (χ1) is 10.5. The van der Waals surface area contributed by atoms with Crippen LogP contribution in [-0.4, -0.2) is 33.5 Å². The monoisotopic (exact) mass is 318 g/mol. The van der Waals surface area contributed by atoms with Gasteiger partial charge in [0.1, 0.15) is 6.33 Å². The van der Waals surface area contributed by atoms with Crippen LogP contribution in [0, 0.1) is 0 Å². The highest BCUT2D eigenvalue weighted by molar-refractivity contribution is 7.09. The molecule has 118 valence electrons. The molecule has 1 aliphatic rings. The van der Waals surface area contributed by atoms with Crippen LogP contribution in [0.2, 0.25) is 0 Å². The number of methoxy groups -OCH3 is 1. The Morgan fingerprint density at radius 1 is 1.32 bits per heavy atom. The van der Waals surface area contributed by atoms with Crippen LogP contribution in [0.3, 0.4) is 0 Å². The summed E-state index contributed by atoms with van der Waals surface area (Å²) < 4.78 is 5.37. The predicted molar refractivity (Wildman–Crippen MR) is 87.2 cm³/mol. The number of hydrogen-bond acceptors (Lipinski definition) is 6. The maximum atomic E-state index is 5.37. The lowest BCUT2D eigenvalue weighted by molar-refractivity contribution is 0.233. The van der Waals surface area contributed by atoms with Crippen LogP contribution in [0.15, 0.2) is 11.7 Å². The van der Waals surface area contributed by atoms with E-state index < -0.39 is 0 Å². The second-order valence-corrected chi connectivity index (χ2v) is 7.52. The molecule has 22 heavy (non-hydrogen) atoms. The van der Waals surface area contributed by atoms with Gasteiger partial charge in [0.25, 0.3) is 0 Å². The third kappa shape index (κ3) is 3.13. The van der Waals surface area contributed by atoms with Gasteiger partial charge in [0.15, 0.2) is 0 Å². The van der Waals surface area contributed by atoms with Crippen LogP contribution in [0.4, 0.5) is 0 Å². The van der Waals surface area contributed by atoms with Crippen molar-refractivity contribution >= 4 is 11.3 Å². The van der Waals surface area contributed by atoms with E-state index in [4.69, 9.17) is 9.72 Å². The summed E-state index contributed by atoms with van der Waals surface area (Å²) in [5, 5.41) is 3.37. The van der Waals surface area contributed by atoms with Crippen LogP contribution >= 0.6 is 11.3 Å². The maximum Gasteiger partial charge on any atom is 0.220 e. The Bertz CT molecular complexity index is 648. The van der Waals surface area contributed by atoms with E-state index in [1.807, 2.05) is 0 Å². The summed E-state index contributed by atoms with van der Waals surface area (Å²) in [4.78, 5) is 15.8. The summed E-state index contributed by atoms with van der Waals surface area (Å²) in [6.07, 6.45) is 2.52. The molecule has 3 heterocycles. The van der Waals surface area contributed by atoms with Crippen molar-refractivity contribution in [2.75, 3.05) is 13.7 Å². The summed E-state index contributed by atoms with van der Waals surface area (Å²) in [5.41, 5.74) is 3.49. The smallest absolute Gasteiger partial charge is 0.220 e. The summed E-state index contributed by atoms with van der Waals surface area (Å²) in [6, 6.07) is 0. The van der Waals surface area contributed by atoms with E-state index in [2.05, 4.69) is 41.0 Å². The summed E-state index contributed by atoms with van der Waals surface area (Å²) in [5.74, 6) is 0.698. The molecule has 2 aromatic heterocycles. The number of rotatable bonds is 3. The van der Waals surface area contributed by atoms with Gasteiger partial charge in [0.05, 0.1) is 23.5 Å². The van der Waals surface area contributed by atoms with Gasteiger partial charge in [0.2, 0.25) is 5.88 Å². The average Bonchev–Trinajstić information content (AvgIpc) is 2.95. The highest BCUT2D eigenvalue weighted by Crippen LogP contribution is 2.28. The molecule has 0 unspecified atom stereocenters. The van der Waals surface area contributed by atoms with E-state index in [1.54, 1.807) is 24.8 Å². The fourth-order valence-corrected chi connectivity index (χ4v) is 3.53. The first-order valence-corrected chi connectivity index (χ1v) is 8.39. The molecule has 0 saturated heterocycles. The number of aromatic nitrogens is 3. The minimum Gasteiger partial charge on any atom is -0.481 e. The van der Waals surface area contributed by atoms with E-state index in [9.17, 15) is 0 Å². The number of ether oxygens (including phenoxy) is 1. The van der Waals surface area contributed by atoms with E-state index >= 15 is 0 Å². The molecule has 0 aliphatic carbocycles. The Morgan fingerprint density at radius 2 is 2.14 bits per heavy atom. The summed E-state index contributed by atoms with van der Waals surface area (Å²) in [6.45, 7) is 9.29. The number of thiazole rings is 1. The molecule has 0 aromatic carbocycles. The van der Waals surface area contributed by atoms with Crippen molar-refractivity contribution in [2.24, 2.45) is 0 Å². The van der Waals surface area contributed by atoms with Crippen molar-refractivity contribution < 1.29 is 4.74 Å². The minimum absolute atomic E-state index is 0.120. The first-order valence-electron chi connectivity index (χ1n) is 7.51.